The number of hydrogen-bond donors (Lipinski definition) is 1. The Morgan fingerprint density at radius 2 is 1.75 bits per heavy atom. The third-order valence-corrected chi connectivity index (χ3v) is 6.76. The molecule has 1 aliphatic rings. The minimum atomic E-state index is -0.975. The molecule has 0 fully saturated rings. The Morgan fingerprint density at radius 3 is 2.44 bits per heavy atom. The van der Waals surface area contributed by atoms with Crippen molar-refractivity contribution in [2.75, 3.05) is 4.90 Å². The van der Waals surface area contributed by atoms with Crippen molar-refractivity contribution < 1.29 is 14.7 Å². The van der Waals surface area contributed by atoms with Crippen LogP contribution in [-0.2, 0) is 16.8 Å². The zero-order valence-corrected chi connectivity index (χ0v) is 20.6. The highest BCUT2D eigenvalue weighted by Gasteiger charge is 2.31. The van der Waals surface area contributed by atoms with Gasteiger partial charge in [0.1, 0.15) is 17.8 Å². The van der Waals surface area contributed by atoms with Gasteiger partial charge >= 0.3 is 5.97 Å². The number of benzene rings is 2. The maximum absolute atomic E-state index is 13.4. The van der Waals surface area contributed by atoms with Crippen molar-refractivity contribution in [3.05, 3.63) is 83.7 Å². The molecular formula is C28H27N5O3. The predicted molar refractivity (Wildman–Crippen MR) is 137 cm³/mol. The number of carboxylic acid groups (broad SMARTS) is 1. The molecule has 0 aliphatic carbocycles. The fourth-order valence-corrected chi connectivity index (χ4v) is 4.37. The van der Waals surface area contributed by atoms with Gasteiger partial charge in [0.15, 0.2) is 5.82 Å². The lowest BCUT2D eigenvalue weighted by Gasteiger charge is -2.19. The first-order valence-electron chi connectivity index (χ1n) is 11.8. The van der Waals surface area contributed by atoms with E-state index < -0.39 is 11.4 Å². The largest absolute Gasteiger partial charge is 0.481 e. The summed E-state index contributed by atoms with van der Waals surface area (Å²) in [5, 5.41) is 17.7. The Balaban J connectivity index is 1.42. The van der Waals surface area contributed by atoms with Gasteiger partial charge in [0.25, 0.3) is 5.91 Å². The number of carbonyl (C=O) groups excluding carboxylic acids is 1. The summed E-state index contributed by atoms with van der Waals surface area (Å²) in [7, 11) is 0. The lowest BCUT2D eigenvalue weighted by atomic mass is 9.84. The topological polar surface area (TPSA) is 101 Å². The van der Waals surface area contributed by atoms with Gasteiger partial charge in [-0.3, -0.25) is 14.5 Å². The summed E-state index contributed by atoms with van der Waals surface area (Å²) in [5.74, 6) is 0.243. The molecule has 2 aromatic carbocycles. The number of nitrogens with zero attached hydrogens (tertiary/aromatic N) is 5. The van der Waals surface area contributed by atoms with Gasteiger partial charge in [-0.05, 0) is 68.1 Å². The second kappa shape index (κ2) is 8.71. The molecule has 5 rings (SSSR count). The Kier molecular flexibility index (Phi) is 5.67. The fraction of sp³-hybridized carbons (Fsp3) is 0.250. The van der Waals surface area contributed by atoms with Gasteiger partial charge in [0.05, 0.1) is 12.0 Å². The number of amides is 1. The Hall–Kier alpha value is -4.33. The van der Waals surface area contributed by atoms with E-state index in [1.54, 1.807) is 25.1 Å². The van der Waals surface area contributed by atoms with Gasteiger partial charge in [-0.1, -0.05) is 42.5 Å². The molecule has 0 atom stereocenters. The van der Waals surface area contributed by atoms with E-state index in [9.17, 15) is 14.7 Å². The van der Waals surface area contributed by atoms with Crippen molar-refractivity contribution in [3.63, 3.8) is 0 Å². The number of carbonyl (C=O) groups is 2. The van der Waals surface area contributed by atoms with Crippen molar-refractivity contribution in [1.29, 1.82) is 0 Å². The number of carboxylic acids is 1. The molecule has 1 N–H and O–H groups in total. The lowest BCUT2D eigenvalue weighted by molar-refractivity contribution is -0.142. The molecule has 0 saturated carbocycles. The van der Waals surface area contributed by atoms with E-state index in [0.717, 1.165) is 22.3 Å². The van der Waals surface area contributed by atoms with Crippen molar-refractivity contribution in [2.24, 2.45) is 0 Å². The number of aromatic nitrogens is 4. The fourth-order valence-electron chi connectivity index (χ4n) is 4.37. The molecular weight excluding hydrogens is 454 g/mol. The van der Waals surface area contributed by atoms with Crippen LogP contribution in [0.4, 0.5) is 5.82 Å². The van der Waals surface area contributed by atoms with E-state index in [-0.39, 0.29) is 11.9 Å². The minimum Gasteiger partial charge on any atom is -0.481 e. The van der Waals surface area contributed by atoms with Crippen LogP contribution in [0.25, 0.3) is 22.6 Å². The van der Waals surface area contributed by atoms with Crippen molar-refractivity contribution >= 4 is 17.7 Å². The minimum absolute atomic E-state index is 0.106. The summed E-state index contributed by atoms with van der Waals surface area (Å²) in [6, 6.07) is 19.1. The van der Waals surface area contributed by atoms with Crippen molar-refractivity contribution in [3.8, 4) is 22.6 Å². The molecule has 8 nitrogen and oxygen atoms in total. The first-order chi connectivity index (χ1) is 17.2. The number of aliphatic carboxylic acids is 1. The van der Waals surface area contributed by atoms with Gasteiger partial charge in [-0.2, -0.15) is 0 Å². The van der Waals surface area contributed by atoms with E-state index in [1.165, 1.54) is 0 Å². The summed E-state index contributed by atoms with van der Waals surface area (Å²) in [4.78, 5) is 31.4. The summed E-state index contributed by atoms with van der Waals surface area (Å²) < 4.78 is 1.95. The van der Waals surface area contributed by atoms with Crippen molar-refractivity contribution in [2.45, 2.75) is 45.7 Å². The molecule has 0 saturated heterocycles. The maximum Gasteiger partial charge on any atom is 0.313 e. The predicted octanol–water partition coefficient (Wildman–Crippen LogP) is 5.11. The van der Waals surface area contributed by atoms with Crippen LogP contribution in [0.15, 0.2) is 67.0 Å². The van der Waals surface area contributed by atoms with Crippen LogP contribution >= 0.6 is 0 Å². The highest BCUT2D eigenvalue weighted by molar-refractivity contribution is 6.10. The molecule has 182 valence electrons. The molecule has 4 aromatic rings. The maximum atomic E-state index is 13.4. The normalized spacial score (nSPS) is 13.4. The second-order valence-corrected chi connectivity index (χ2v) is 9.81. The quantitative estimate of drug-likeness (QED) is 0.411. The Labute approximate surface area is 209 Å². The number of pyridine rings is 1. The van der Waals surface area contributed by atoms with Gasteiger partial charge < -0.3 is 9.67 Å². The van der Waals surface area contributed by atoms with E-state index in [0.29, 0.717) is 29.4 Å². The van der Waals surface area contributed by atoms with Crippen molar-refractivity contribution in [1.82, 2.24) is 19.7 Å². The van der Waals surface area contributed by atoms with E-state index in [4.69, 9.17) is 4.98 Å². The molecule has 0 spiro atoms. The standard InChI is InChI=1S/C28H27N5O3/c1-17(2)33-16-29-31-25(33)23-6-5-7-24(30-23)32-15-20-9-8-19(14-22(20)26(32)34)18-10-12-21(13-11-18)28(3,4)27(35)36/h5-14,16-17H,15H2,1-4H3,(H,35,36). The van der Waals surface area contributed by atoms with Crippen LogP contribution < -0.4 is 4.90 Å². The highest BCUT2D eigenvalue weighted by atomic mass is 16.4. The van der Waals surface area contributed by atoms with E-state index in [2.05, 4.69) is 24.0 Å². The Morgan fingerprint density at radius 1 is 1.03 bits per heavy atom. The average Bonchev–Trinajstić information content (AvgIpc) is 3.49. The van der Waals surface area contributed by atoms with E-state index in [1.807, 2.05) is 65.2 Å². The third kappa shape index (κ3) is 3.94. The van der Waals surface area contributed by atoms with Crippen LogP contribution in [0.3, 0.4) is 0 Å². The zero-order chi connectivity index (χ0) is 25.6. The molecule has 0 unspecified atom stereocenters. The van der Waals surface area contributed by atoms with Gasteiger partial charge in [-0.15, -0.1) is 10.2 Å². The molecule has 8 heteroatoms. The van der Waals surface area contributed by atoms with Crippen LogP contribution in [0.5, 0.6) is 0 Å². The SMILES string of the molecule is CC(C)n1cnnc1-c1cccc(N2Cc3ccc(-c4ccc(C(C)(C)C(=O)O)cc4)cc3C2=O)n1. The second-order valence-electron chi connectivity index (χ2n) is 9.81. The first-order valence-corrected chi connectivity index (χ1v) is 11.8. The first kappa shape index (κ1) is 23.4. The molecule has 0 bridgehead atoms. The number of fused-ring (bicyclic) bond motifs is 1. The average molecular weight is 482 g/mol. The molecule has 0 radical (unpaired) electrons. The summed E-state index contributed by atoms with van der Waals surface area (Å²) in [6.07, 6.45) is 1.68. The summed E-state index contributed by atoms with van der Waals surface area (Å²) >= 11 is 0. The number of hydrogen-bond acceptors (Lipinski definition) is 5. The summed E-state index contributed by atoms with van der Waals surface area (Å²) in [5.41, 5.74) is 3.80. The molecule has 36 heavy (non-hydrogen) atoms. The monoisotopic (exact) mass is 481 g/mol. The van der Waals surface area contributed by atoms with Gasteiger partial charge in [0.2, 0.25) is 0 Å². The van der Waals surface area contributed by atoms with Crippen LogP contribution in [0, 0.1) is 0 Å². The van der Waals surface area contributed by atoms with Crippen LogP contribution in [0.2, 0.25) is 0 Å². The third-order valence-electron chi connectivity index (χ3n) is 6.76. The number of rotatable bonds is 6. The molecule has 1 aliphatic heterocycles. The van der Waals surface area contributed by atoms with Gasteiger partial charge in [0, 0.05) is 11.6 Å². The molecule has 3 heterocycles. The summed E-state index contributed by atoms with van der Waals surface area (Å²) in [6.45, 7) is 7.91. The Bertz CT molecular complexity index is 1470. The van der Waals surface area contributed by atoms with E-state index >= 15 is 0 Å². The number of anilines is 1. The van der Waals surface area contributed by atoms with Crippen LogP contribution in [-0.4, -0.2) is 36.7 Å². The zero-order valence-electron chi connectivity index (χ0n) is 20.6. The van der Waals surface area contributed by atoms with Crippen LogP contribution in [0.1, 0.15) is 55.2 Å². The molecule has 2 aromatic heterocycles. The molecule has 1 amide bonds. The highest BCUT2D eigenvalue weighted by Crippen LogP contribution is 2.33. The lowest BCUT2D eigenvalue weighted by Crippen LogP contribution is -2.28. The van der Waals surface area contributed by atoms with Gasteiger partial charge in [-0.25, -0.2) is 4.98 Å². The smallest absolute Gasteiger partial charge is 0.313 e.